The van der Waals surface area contributed by atoms with Crippen LogP contribution in [0.25, 0.3) is 0 Å². The van der Waals surface area contributed by atoms with Gasteiger partial charge < -0.3 is 10.0 Å². The minimum Gasteiger partial charge on any atom is -0.392 e. The third-order valence-corrected chi connectivity index (χ3v) is 2.38. The van der Waals surface area contributed by atoms with Crippen LogP contribution in [0.4, 0.5) is 5.95 Å². The van der Waals surface area contributed by atoms with Crippen molar-refractivity contribution in [1.82, 2.24) is 9.97 Å². The number of aryl methyl sites for hydroxylation is 1. The summed E-state index contributed by atoms with van der Waals surface area (Å²) in [6.07, 6.45) is 2.93. The lowest BCUT2D eigenvalue weighted by molar-refractivity contribution is 0.280. The second kappa shape index (κ2) is 3.30. The molecule has 0 radical (unpaired) electrons. The molecule has 0 saturated carbocycles. The molecule has 4 nitrogen and oxygen atoms in total. The van der Waals surface area contributed by atoms with Crippen molar-refractivity contribution in [1.29, 1.82) is 0 Å². The highest BCUT2D eigenvalue weighted by molar-refractivity contribution is 5.35. The van der Waals surface area contributed by atoms with Crippen molar-refractivity contribution in [3.05, 3.63) is 17.5 Å². The molecule has 0 spiro atoms. The number of hydrogen-bond donors (Lipinski definition) is 1. The summed E-state index contributed by atoms with van der Waals surface area (Å²) >= 11 is 0. The maximum atomic E-state index is 8.93. The Morgan fingerprint density at radius 2 is 2.31 bits per heavy atom. The molecule has 1 aliphatic heterocycles. The van der Waals surface area contributed by atoms with E-state index in [0.29, 0.717) is 0 Å². The summed E-state index contributed by atoms with van der Waals surface area (Å²) in [6.45, 7) is 4.03. The van der Waals surface area contributed by atoms with Crippen molar-refractivity contribution in [3.8, 4) is 0 Å². The maximum absolute atomic E-state index is 8.93. The number of anilines is 1. The molecule has 4 heteroatoms. The molecule has 1 aromatic heterocycles. The number of aliphatic hydroxyl groups is 1. The van der Waals surface area contributed by atoms with Gasteiger partial charge in [-0.05, 0) is 13.3 Å². The molecule has 1 aliphatic rings. The van der Waals surface area contributed by atoms with Gasteiger partial charge in [-0.2, -0.15) is 0 Å². The fourth-order valence-electron chi connectivity index (χ4n) is 1.30. The van der Waals surface area contributed by atoms with Crippen molar-refractivity contribution in [2.45, 2.75) is 20.0 Å². The van der Waals surface area contributed by atoms with Crippen LogP contribution in [0, 0.1) is 6.92 Å². The number of nitrogens with zero attached hydrogens (tertiary/aromatic N) is 3. The first kappa shape index (κ1) is 8.44. The average molecular weight is 179 g/mol. The Labute approximate surface area is 77.2 Å². The normalized spacial score (nSPS) is 15.7. The van der Waals surface area contributed by atoms with E-state index < -0.39 is 0 Å². The topological polar surface area (TPSA) is 49.2 Å². The first-order chi connectivity index (χ1) is 6.31. The van der Waals surface area contributed by atoms with Crippen molar-refractivity contribution in [2.75, 3.05) is 18.0 Å². The van der Waals surface area contributed by atoms with E-state index in [2.05, 4.69) is 14.9 Å². The zero-order valence-electron chi connectivity index (χ0n) is 7.69. The van der Waals surface area contributed by atoms with Crippen LogP contribution >= 0.6 is 0 Å². The molecule has 1 saturated heterocycles. The molecule has 2 rings (SSSR count). The summed E-state index contributed by atoms with van der Waals surface area (Å²) in [6, 6.07) is 0. The first-order valence-electron chi connectivity index (χ1n) is 4.49. The van der Waals surface area contributed by atoms with E-state index in [1.54, 1.807) is 6.20 Å². The monoisotopic (exact) mass is 179 g/mol. The highest BCUT2D eigenvalue weighted by atomic mass is 16.3. The zero-order chi connectivity index (χ0) is 9.26. The fourth-order valence-corrected chi connectivity index (χ4v) is 1.30. The van der Waals surface area contributed by atoms with E-state index in [1.807, 2.05) is 6.92 Å². The van der Waals surface area contributed by atoms with Gasteiger partial charge in [-0.15, -0.1) is 0 Å². The van der Waals surface area contributed by atoms with Gasteiger partial charge in [0.15, 0.2) is 0 Å². The molecule has 1 aromatic rings. The Morgan fingerprint density at radius 3 is 2.77 bits per heavy atom. The number of aliphatic hydroxyl groups excluding tert-OH is 1. The number of aromatic nitrogens is 2. The predicted molar refractivity (Wildman–Crippen MR) is 49.5 cm³/mol. The molecule has 1 fully saturated rings. The van der Waals surface area contributed by atoms with E-state index in [9.17, 15) is 0 Å². The Hall–Kier alpha value is -1.16. The van der Waals surface area contributed by atoms with Crippen LogP contribution in [-0.2, 0) is 6.61 Å². The molecule has 70 valence electrons. The van der Waals surface area contributed by atoms with Crippen LogP contribution in [0.1, 0.15) is 17.7 Å². The second-order valence-electron chi connectivity index (χ2n) is 3.28. The average Bonchev–Trinajstić information content (AvgIpc) is 2.01. The van der Waals surface area contributed by atoms with Gasteiger partial charge in [0, 0.05) is 30.5 Å². The zero-order valence-corrected chi connectivity index (χ0v) is 7.69. The largest absolute Gasteiger partial charge is 0.392 e. The lowest BCUT2D eigenvalue weighted by Crippen LogP contribution is -2.38. The third kappa shape index (κ3) is 1.49. The Bertz CT molecular complexity index is 310. The molecular formula is C9H13N3O. The molecule has 2 heterocycles. The van der Waals surface area contributed by atoms with Crippen LogP contribution in [-0.4, -0.2) is 28.2 Å². The number of hydrogen-bond acceptors (Lipinski definition) is 4. The lowest BCUT2D eigenvalue weighted by Gasteiger charge is -2.30. The SMILES string of the molecule is Cc1nc(N2CCC2)ncc1CO. The van der Waals surface area contributed by atoms with Gasteiger partial charge in [-0.1, -0.05) is 0 Å². The highest BCUT2D eigenvalue weighted by Crippen LogP contribution is 2.16. The van der Waals surface area contributed by atoms with Gasteiger partial charge in [0.1, 0.15) is 0 Å². The van der Waals surface area contributed by atoms with Crippen LogP contribution in [0.2, 0.25) is 0 Å². The Balaban J connectivity index is 2.24. The fraction of sp³-hybridized carbons (Fsp3) is 0.556. The van der Waals surface area contributed by atoms with Crippen LogP contribution in [0.5, 0.6) is 0 Å². The van der Waals surface area contributed by atoms with Gasteiger partial charge in [-0.3, -0.25) is 0 Å². The maximum Gasteiger partial charge on any atom is 0.225 e. The molecule has 0 aromatic carbocycles. The van der Waals surface area contributed by atoms with Gasteiger partial charge in [0.05, 0.1) is 6.61 Å². The van der Waals surface area contributed by atoms with E-state index in [-0.39, 0.29) is 6.61 Å². The van der Waals surface area contributed by atoms with Crippen molar-refractivity contribution in [3.63, 3.8) is 0 Å². The standard InChI is InChI=1S/C9H13N3O/c1-7-8(6-13)5-10-9(11-7)12-3-2-4-12/h5,13H,2-4,6H2,1H3. The summed E-state index contributed by atoms with van der Waals surface area (Å²) in [5.41, 5.74) is 1.68. The lowest BCUT2D eigenvalue weighted by atomic mass is 10.2. The van der Waals surface area contributed by atoms with Crippen molar-refractivity contribution >= 4 is 5.95 Å². The van der Waals surface area contributed by atoms with E-state index >= 15 is 0 Å². The summed E-state index contributed by atoms with van der Waals surface area (Å²) in [7, 11) is 0. The Morgan fingerprint density at radius 1 is 1.54 bits per heavy atom. The quantitative estimate of drug-likeness (QED) is 0.717. The van der Waals surface area contributed by atoms with E-state index in [0.717, 1.165) is 30.3 Å². The smallest absolute Gasteiger partial charge is 0.225 e. The van der Waals surface area contributed by atoms with Gasteiger partial charge in [0.2, 0.25) is 5.95 Å². The second-order valence-corrected chi connectivity index (χ2v) is 3.28. The minimum atomic E-state index is 0.0200. The summed E-state index contributed by atoms with van der Waals surface area (Å²) in [5, 5.41) is 8.93. The van der Waals surface area contributed by atoms with Gasteiger partial charge in [-0.25, -0.2) is 9.97 Å². The molecule has 0 amide bonds. The molecule has 0 aliphatic carbocycles. The van der Waals surface area contributed by atoms with Gasteiger partial charge in [0.25, 0.3) is 0 Å². The summed E-state index contributed by atoms with van der Waals surface area (Å²) in [5.74, 6) is 0.793. The first-order valence-corrected chi connectivity index (χ1v) is 4.49. The van der Waals surface area contributed by atoms with Crippen LogP contribution in [0.3, 0.4) is 0 Å². The third-order valence-electron chi connectivity index (χ3n) is 2.38. The highest BCUT2D eigenvalue weighted by Gasteiger charge is 2.17. The van der Waals surface area contributed by atoms with Gasteiger partial charge >= 0.3 is 0 Å². The van der Waals surface area contributed by atoms with Crippen LogP contribution in [0.15, 0.2) is 6.20 Å². The Kier molecular flexibility index (Phi) is 2.14. The van der Waals surface area contributed by atoms with E-state index in [4.69, 9.17) is 5.11 Å². The van der Waals surface area contributed by atoms with Crippen LogP contribution < -0.4 is 4.90 Å². The predicted octanol–water partition coefficient (Wildman–Crippen LogP) is 0.487. The molecule has 0 unspecified atom stereocenters. The summed E-state index contributed by atoms with van der Waals surface area (Å²) < 4.78 is 0. The molecule has 1 N–H and O–H groups in total. The van der Waals surface area contributed by atoms with Crippen molar-refractivity contribution in [2.24, 2.45) is 0 Å². The molecule has 0 bridgehead atoms. The van der Waals surface area contributed by atoms with E-state index in [1.165, 1.54) is 6.42 Å². The molecular weight excluding hydrogens is 166 g/mol. The molecule has 13 heavy (non-hydrogen) atoms. The van der Waals surface area contributed by atoms with Crippen molar-refractivity contribution < 1.29 is 5.11 Å². The molecule has 0 atom stereocenters. The summed E-state index contributed by atoms with van der Waals surface area (Å²) in [4.78, 5) is 10.6. The number of rotatable bonds is 2. The minimum absolute atomic E-state index is 0.0200.